The van der Waals surface area contributed by atoms with Gasteiger partial charge in [-0.2, -0.15) is 0 Å². The quantitative estimate of drug-likeness (QED) is 0.856. The van der Waals surface area contributed by atoms with Crippen molar-refractivity contribution in [3.05, 3.63) is 64.5 Å². The Morgan fingerprint density at radius 3 is 2.43 bits per heavy atom. The van der Waals surface area contributed by atoms with E-state index in [1.165, 1.54) is 6.07 Å². The summed E-state index contributed by atoms with van der Waals surface area (Å²) in [4.78, 5) is 12.2. The lowest BCUT2D eigenvalue weighted by Gasteiger charge is -2.23. The molecule has 0 aliphatic heterocycles. The van der Waals surface area contributed by atoms with Crippen LogP contribution in [-0.2, 0) is 16.6 Å². The van der Waals surface area contributed by atoms with E-state index in [4.69, 9.17) is 0 Å². The molecule has 2 nitrogen and oxygen atoms in total. The molecule has 0 radical (unpaired) electrons. The average molecular weight is 313 g/mol. The van der Waals surface area contributed by atoms with Gasteiger partial charge in [0, 0.05) is 0 Å². The molecule has 0 unspecified atom stereocenters. The molecule has 0 aliphatic rings. The van der Waals surface area contributed by atoms with Crippen molar-refractivity contribution in [2.24, 2.45) is 0 Å². The summed E-state index contributed by atoms with van der Waals surface area (Å²) >= 11 is 0. The first kappa shape index (κ1) is 17.2. The number of hydrogen-bond donors (Lipinski definition) is 1. The van der Waals surface area contributed by atoms with Gasteiger partial charge in [-0.1, -0.05) is 50.6 Å². The van der Waals surface area contributed by atoms with Crippen LogP contribution in [0.15, 0.2) is 36.4 Å². The fourth-order valence-electron chi connectivity index (χ4n) is 2.78. The molecule has 2 aromatic rings. The molecule has 0 spiro atoms. The number of halogens is 1. The largest absolute Gasteiger partial charge is 0.323 e. The van der Waals surface area contributed by atoms with E-state index in [1.54, 1.807) is 6.07 Å². The zero-order chi connectivity index (χ0) is 17.2. The Balaban J connectivity index is 2.21. The van der Waals surface area contributed by atoms with E-state index in [-0.39, 0.29) is 23.4 Å². The summed E-state index contributed by atoms with van der Waals surface area (Å²) < 4.78 is 14.2. The Kier molecular flexibility index (Phi) is 4.88. The lowest BCUT2D eigenvalue weighted by molar-refractivity contribution is -0.115. The van der Waals surface area contributed by atoms with Gasteiger partial charge in [-0.15, -0.1) is 0 Å². The Morgan fingerprint density at radius 1 is 1.13 bits per heavy atom. The van der Waals surface area contributed by atoms with E-state index < -0.39 is 5.82 Å². The normalized spacial score (nSPS) is 11.4. The first-order valence-electron chi connectivity index (χ1n) is 7.83. The summed E-state index contributed by atoms with van der Waals surface area (Å²) in [6.45, 7) is 10.1. The molecular formula is C20H24FNO. The standard InChI is InChI=1S/C20H24FNO/c1-13-7-6-8-15(9-13)11-19(23)22-18-12-16(20(3,4)5)14(2)10-17(18)21/h6-10,12H,11H2,1-5H3,(H,22,23). The fourth-order valence-corrected chi connectivity index (χ4v) is 2.78. The molecule has 0 atom stereocenters. The second kappa shape index (κ2) is 6.53. The number of rotatable bonds is 3. The van der Waals surface area contributed by atoms with Gasteiger partial charge in [-0.25, -0.2) is 4.39 Å². The highest BCUT2D eigenvalue weighted by Gasteiger charge is 2.19. The SMILES string of the molecule is Cc1cccc(CC(=O)Nc2cc(C(C)(C)C)c(C)cc2F)c1. The maximum atomic E-state index is 14.2. The summed E-state index contributed by atoms with van der Waals surface area (Å²) in [7, 11) is 0. The highest BCUT2D eigenvalue weighted by Crippen LogP contribution is 2.30. The zero-order valence-corrected chi connectivity index (χ0v) is 14.5. The lowest BCUT2D eigenvalue weighted by atomic mass is 9.84. The maximum Gasteiger partial charge on any atom is 0.228 e. The minimum atomic E-state index is -0.395. The molecule has 0 bridgehead atoms. The van der Waals surface area contributed by atoms with E-state index >= 15 is 0 Å². The molecule has 0 saturated carbocycles. The van der Waals surface area contributed by atoms with Gasteiger partial charge in [0.25, 0.3) is 0 Å². The van der Waals surface area contributed by atoms with Crippen LogP contribution in [0.1, 0.15) is 43.0 Å². The molecular weight excluding hydrogens is 289 g/mol. The second-order valence-corrected chi connectivity index (χ2v) is 7.11. The smallest absolute Gasteiger partial charge is 0.228 e. The van der Waals surface area contributed by atoms with Crippen LogP contribution in [-0.4, -0.2) is 5.91 Å². The van der Waals surface area contributed by atoms with Gasteiger partial charge in [0.15, 0.2) is 0 Å². The number of anilines is 1. The zero-order valence-electron chi connectivity index (χ0n) is 14.5. The van der Waals surface area contributed by atoms with Gasteiger partial charge < -0.3 is 5.32 Å². The fraction of sp³-hybridized carbons (Fsp3) is 0.350. The van der Waals surface area contributed by atoms with Crippen LogP contribution in [0, 0.1) is 19.7 Å². The van der Waals surface area contributed by atoms with Crippen molar-refractivity contribution in [1.82, 2.24) is 0 Å². The van der Waals surface area contributed by atoms with Crippen molar-refractivity contribution in [2.75, 3.05) is 5.32 Å². The molecule has 0 aliphatic carbocycles. The molecule has 122 valence electrons. The highest BCUT2D eigenvalue weighted by atomic mass is 19.1. The van der Waals surface area contributed by atoms with E-state index in [1.807, 2.05) is 38.1 Å². The predicted octanol–water partition coefficient (Wildman–Crippen LogP) is 4.92. The van der Waals surface area contributed by atoms with Crippen LogP contribution in [0.5, 0.6) is 0 Å². The molecule has 0 fully saturated rings. The van der Waals surface area contributed by atoms with Crippen LogP contribution in [0.2, 0.25) is 0 Å². The summed E-state index contributed by atoms with van der Waals surface area (Å²) in [5, 5.41) is 2.70. The maximum absolute atomic E-state index is 14.2. The molecule has 0 saturated heterocycles. The number of hydrogen-bond acceptors (Lipinski definition) is 1. The monoisotopic (exact) mass is 313 g/mol. The third kappa shape index (κ3) is 4.41. The van der Waals surface area contributed by atoms with Gasteiger partial charge in [-0.05, 0) is 48.1 Å². The van der Waals surface area contributed by atoms with Crippen LogP contribution in [0.4, 0.5) is 10.1 Å². The van der Waals surface area contributed by atoms with E-state index in [9.17, 15) is 9.18 Å². The number of nitrogens with one attached hydrogen (secondary N) is 1. The Morgan fingerprint density at radius 2 is 1.83 bits per heavy atom. The van der Waals surface area contributed by atoms with Crippen molar-refractivity contribution in [3.8, 4) is 0 Å². The summed E-state index contributed by atoms with van der Waals surface area (Å²) in [5.41, 5.74) is 4.10. The second-order valence-electron chi connectivity index (χ2n) is 7.11. The molecule has 0 heterocycles. The topological polar surface area (TPSA) is 29.1 Å². The highest BCUT2D eigenvalue weighted by molar-refractivity contribution is 5.92. The number of benzene rings is 2. The van der Waals surface area contributed by atoms with Crippen molar-refractivity contribution in [3.63, 3.8) is 0 Å². The number of aryl methyl sites for hydroxylation is 2. The summed E-state index contributed by atoms with van der Waals surface area (Å²) in [6.07, 6.45) is 0.236. The summed E-state index contributed by atoms with van der Waals surface area (Å²) in [6, 6.07) is 11.0. The number of carbonyl (C=O) groups is 1. The van der Waals surface area contributed by atoms with Gasteiger partial charge in [0.05, 0.1) is 12.1 Å². The van der Waals surface area contributed by atoms with Crippen LogP contribution in [0.3, 0.4) is 0 Å². The molecule has 1 N–H and O–H groups in total. The first-order valence-corrected chi connectivity index (χ1v) is 7.83. The summed E-state index contributed by atoms with van der Waals surface area (Å²) in [5.74, 6) is -0.605. The Bertz CT molecular complexity index is 729. The third-order valence-corrected chi connectivity index (χ3v) is 3.84. The van der Waals surface area contributed by atoms with Gasteiger partial charge in [-0.3, -0.25) is 4.79 Å². The van der Waals surface area contributed by atoms with Crippen LogP contribution in [0.25, 0.3) is 0 Å². The number of amides is 1. The van der Waals surface area contributed by atoms with E-state index in [0.29, 0.717) is 0 Å². The number of carbonyl (C=O) groups excluding carboxylic acids is 1. The third-order valence-electron chi connectivity index (χ3n) is 3.84. The van der Waals surface area contributed by atoms with Crippen molar-refractivity contribution in [1.29, 1.82) is 0 Å². The van der Waals surface area contributed by atoms with Gasteiger partial charge in [0.2, 0.25) is 5.91 Å². The molecule has 2 aromatic carbocycles. The van der Waals surface area contributed by atoms with Gasteiger partial charge >= 0.3 is 0 Å². The first-order chi connectivity index (χ1) is 10.7. The Labute approximate surface area is 137 Å². The average Bonchev–Trinajstić information content (AvgIpc) is 2.40. The van der Waals surface area contributed by atoms with Crippen LogP contribution < -0.4 is 5.32 Å². The van der Waals surface area contributed by atoms with Gasteiger partial charge in [0.1, 0.15) is 5.82 Å². The molecule has 1 amide bonds. The van der Waals surface area contributed by atoms with E-state index in [0.717, 1.165) is 22.3 Å². The van der Waals surface area contributed by atoms with Crippen molar-refractivity contribution in [2.45, 2.75) is 46.5 Å². The molecule has 3 heteroatoms. The molecule has 23 heavy (non-hydrogen) atoms. The predicted molar refractivity (Wildman–Crippen MR) is 93.3 cm³/mol. The lowest BCUT2D eigenvalue weighted by Crippen LogP contribution is -2.18. The van der Waals surface area contributed by atoms with Crippen molar-refractivity contribution < 1.29 is 9.18 Å². The minimum Gasteiger partial charge on any atom is -0.323 e. The van der Waals surface area contributed by atoms with Crippen molar-refractivity contribution >= 4 is 11.6 Å². The van der Waals surface area contributed by atoms with E-state index in [2.05, 4.69) is 26.1 Å². The molecule has 0 aromatic heterocycles. The minimum absolute atomic E-state index is 0.103. The molecule has 2 rings (SSSR count). The van der Waals surface area contributed by atoms with Crippen LogP contribution >= 0.6 is 0 Å². The Hall–Kier alpha value is -2.16.